The molecule has 9 nitrogen and oxygen atoms in total. The molecule has 0 aliphatic heterocycles. The van der Waals surface area contributed by atoms with E-state index < -0.39 is 6.04 Å². The van der Waals surface area contributed by atoms with Gasteiger partial charge in [0.1, 0.15) is 11.8 Å². The van der Waals surface area contributed by atoms with E-state index in [0.717, 1.165) is 53.5 Å². The van der Waals surface area contributed by atoms with Gasteiger partial charge in [-0.15, -0.1) is 5.10 Å². The van der Waals surface area contributed by atoms with Gasteiger partial charge >= 0.3 is 0 Å². The highest BCUT2D eigenvalue weighted by Gasteiger charge is 2.34. The zero-order chi connectivity index (χ0) is 26.1. The maximum absolute atomic E-state index is 13.8. The number of aryl methyl sites for hydroxylation is 2. The summed E-state index contributed by atoms with van der Waals surface area (Å²) in [6.45, 7) is 5.14. The summed E-state index contributed by atoms with van der Waals surface area (Å²) in [5, 5.41) is 14.1. The second-order valence-corrected chi connectivity index (χ2v) is 10.2. The van der Waals surface area contributed by atoms with E-state index in [9.17, 15) is 4.79 Å². The Morgan fingerprint density at radius 2 is 1.95 bits per heavy atom. The zero-order valence-electron chi connectivity index (χ0n) is 21.7. The first-order valence-corrected chi connectivity index (χ1v) is 13.1. The molecule has 1 aliphatic rings. The van der Waals surface area contributed by atoms with Gasteiger partial charge in [0.05, 0.1) is 18.8 Å². The van der Waals surface area contributed by atoms with Crippen LogP contribution >= 0.6 is 0 Å². The number of nitrogens with zero attached hydrogens (tertiary/aromatic N) is 6. The van der Waals surface area contributed by atoms with Crippen LogP contribution in [0.25, 0.3) is 10.9 Å². The summed E-state index contributed by atoms with van der Waals surface area (Å²) in [7, 11) is 0. The van der Waals surface area contributed by atoms with Crippen LogP contribution in [0.4, 0.5) is 0 Å². The fourth-order valence-electron chi connectivity index (χ4n) is 5.55. The van der Waals surface area contributed by atoms with Crippen LogP contribution < -0.4 is 5.56 Å². The van der Waals surface area contributed by atoms with Gasteiger partial charge in [-0.05, 0) is 95.6 Å². The van der Waals surface area contributed by atoms with Crippen molar-refractivity contribution in [2.24, 2.45) is 0 Å². The van der Waals surface area contributed by atoms with Gasteiger partial charge in [-0.2, -0.15) is 0 Å². The number of benzene rings is 1. The number of rotatable bonds is 8. The molecule has 1 atom stereocenters. The van der Waals surface area contributed by atoms with Crippen molar-refractivity contribution in [2.45, 2.75) is 64.7 Å². The van der Waals surface area contributed by atoms with E-state index >= 15 is 0 Å². The third kappa shape index (κ3) is 4.77. The number of aromatic nitrogens is 6. The Bertz CT molecular complexity index is 1580. The number of nitrogens with one attached hydrogen (secondary N) is 1. The van der Waals surface area contributed by atoms with Crippen LogP contribution in [0.5, 0.6) is 0 Å². The lowest BCUT2D eigenvalue weighted by atomic mass is 10.00. The Morgan fingerprint density at radius 3 is 2.71 bits per heavy atom. The molecule has 9 heteroatoms. The monoisotopic (exact) mass is 509 g/mol. The van der Waals surface area contributed by atoms with E-state index in [2.05, 4.69) is 50.3 Å². The quantitative estimate of drug-likeness (QED) is 0.313. The maximum Gasteiger partial charge on any atom is 0.253 e. The average molecular weight is 510 g/mol. The minimum atomic E-state index is -0.509. The Morgan fingerprint density at radius 1 is 1.11 bits per heavy atom. The topological polar surface area (TPSA) is 106 Å². The highest BCUT2D eigenvalue weighted by molar-refractivity contribution is 5.81. The largest absolute Gasteiger partial charge is 0.468 e. The molecule has 1 fully saturated rings. The van der Waals surface area contributed by atoms with E-state index in [4.69, 9.17) is 4.42 Å². The Hall–Kier alpha value is -4.11. The molecular weight excluding hydrogens is 478 g/mol. The summed E-state index contributed by atoms with van der Waals surface area (Å²) in [5.41, 5.74) is 4.60. The minimum Gasteiger partial charge on any atom is -0.468 e. The summed E-state index contributed by atoms with van der Waals surface area (Å²) in [5.74, 6) is 1.46. The van der Waals surface area contributed by atoms with Crippen LogP contribution in [0, 0.1) is 13.8 Å². The summed E-state index contributed by atoms with van der Waals surface area (Å²) in [6, 6.07) is 13.6. The summed E-state index contributed by atoms with van der Waals surface area (Å²) >= 11 is 0. The highest BCUT2D eigenvalue weighted by Crippen LogP contribution is 2.35. The van der Waals surface area contributed by atoms with E-state index in [0.29, 0.717) is 24.5 Å². The van der Waals surface area contributed by atoms with Crippen molar-refractivity contribution in [1.82, 2.24) is 35.1 Å². The van der Waals surface area contributed by atoms with Crippen LogP contribution in [-0.4, -0.2) is 35.1 Å². The molecule has 0 amide bonds. The highest BCUT2D eigenvalue weighted by atomic mass is 16.3. The van der Waals surface area contributed by atoms with Crippen molar-refractivity contribution < 1.29 is 4.42 Å². The van der Waals surface area contributed by atoms with Gasteiger partial charge in [0, 0.05) is 30.0 Å². The average Bonchev–Trinajstić information content (AvgIpc) is 3.70. The van der Waals surface area contributed by atoms with E-state index in [1.54, 1.807) is 12.5 Å². The number of furan rings is 1. The van der Waals surface area contributed by atoms with Gasteiger partial charge in [0.25, 0.3) is 5.56 Å². The van der Waals surface area contributed by atoms with Crippen LogP contribution in [-0.2, 0) is 13.1 Å². The molecule has 0 saturated heterocycles. The number of tetrazole rings is 1. The summed E-state index contributed by atoms with van der Waals surface area (Å²) < 4.78 is 7.71. The molecular formula is C29H31N7O2. The molecule has 4 aromatic heterocycles. The maximum atomic E-state index is 13.8. The van der Waals surface area contributed by atoms with Gasteiger partial charge in [0.2, 0.25) is 0 Å². The van der Waals surface area contributed by atoms with E-state index in [-0.39, 0.29) is 11.6 Å². The molecule has 6 rings (SSSR count). The molecule has 1 N–H and O–H groups in total. The lowest BCUT2D eigenvalue weighted by molar-refractivity contribution is 0.176. The molecule has 5 aromatic rings. The molecule has 0 spiro atoms. The van der Waals surface area contributed by atoms with Crippen LogP contribution in [0.1, 0.15) is 71.6 Å². The fourth-order valence-corrected chi connectivity index (χ4v) is 5.55. The first kappa shape index (κ1) is 24.2. The SMILES string of the molecule is Cc1cc2cc([C@H](c3nnnn3C3CCCC3)N(Cc3cccnc3)Cc3ccco3)c(=O)[nH]c2cc1C. The number of hydrogen-bond acceptors (Lipinski definition) is 7. The number of pyridine rings is 2. The Balaban J connectivity index is 1.54. The van der Waals surface area contributed by atoms with Crippen LogP contribution in [0.2, 0.25) is 0 Å². The van der Waals surface area contributed by atoms with E-state index in [1.807, 2.05) is 47.3 Å². The smallest absolute Gasteiger partial charge is 0.253 e. The lowest BCUT2D eigenvalue weighted by Gasteiger charge is -2.31. The zero-order valence-corrected chi connectivity index (χ0v) is 21.7. The Labute approximate surface area is 220 Å². The number of hydrogen-bond donors (Lipinski definition) is 1. The van der Waals surface area contributed by atoms with E-state index in [1.165, 1.54) is 5.56 Å². The minimum absolute atomic E-state index is 0.151. The number of aromatic amines is 1. The molecule has 38 heavy (non-hydrogen) atoms. The summed E-state index contributed by atoms with van der Waals surface area (Å²) in [4.78, 5) is 23.4. The lowest BCUT2D eigenvalue weighted by Crippen LogP contribution is -2.35. The molecule has 1 aliphatic carbocycles. The summed E-state index contributed by atoms with van der Waals surface area (Å²) in [6.07, 6.45) is 9.63. The molecule has 0 radical (unpaired) electrons. The van der Waals surface area contributed by atoms with Gasteiger partial charge in [-0.25, -0.2) is 4.68 Å². The molecule has 4 heterocycles. The van der Waals surface area contributed by atoms with Crippen molar-refractivity contribution in [3.8, 4) is 0 Å². The van der Waals surface area contributed by atoms with Crippen molar-refractivity contribution in [2.75, 3.05) is 0 Å². The van der Waals surface area contributed by atoms with Crippen molar-refractivity contribution in [1.29, 1.82) is 0 Å². The fraction of sp³-hybridized carbons (Fsp3) is 0.345. The van der Waals surface area contributed by atoms with Crippen molar-refractivity contribution in [3.05, 3.63) is 105 Å². The van der Waals surface area contributed by atoms with Gasteiger partial charge < -0.3 is 9.40 Å². The number of H-pyrrole nitrogens is 1. The van der Waals surface area contributed by atoms with Crippen molar-refractivity contribution >= 4 is 10.9 Å². The van der Waals surface area contributed by atoms with Crippen LogP contribution in [0.3, 0.4) is 0 Å². The first-order valence-electron chi connectivity index (χ1n) is 13.1. The van der Waals surface area contributed by atoms with Crippen LogP contribution in [0.15, 0.2) is 70.3 Å². The normalized spacial score (nSPS) is 15.0. The Kier molecular flexibility index (Phi) is 6.59. The van der Waals surface area contributed by atoms with Gasteiger partial charge in [-0.3, -0.25) is 14.7 Å². The molecule has 194 valence electrons. The second kappa shape index (κ2) is 10.3. The predicted molar refractivity (Wildman–Crippen MR) is 143 cm³/mol. The third-order valence-electron chi connectivity index (χ3n) is 7.63. The molecule has 0 unspecified atom stereocenters. The van der Waals surface area contributed by atoms with Gasteiger partial charge in [0.15, 0.2) is 5.82 Å². The second-order valence-electron chi connectivity index (χ2n) is 10.2. The predicted octanol–water partition coefficient (Wildman–Crippen LogP) is 5.03. The standard InChI is InChI=1S/C29H31N7O2/c1-19-13-22-15-25(29(37)31-26(22)14-20(19)2)27(28-32-33-34-36(28)23-8-3-4-9-23)35(18-24-10-6-12-38-24)17-21-7-5-11-30-16-21/h5-7,10-16,23,27H,3-4,8-9,17-18H2,1-2H3,(H,31,37)/t27-/m1/s1. The first-order chi connectivity index (χ1) is 18.6. The van der Waals surface area contributed by atoms with Gasteiger partial charge in [-0.1, -0.05) is 18.9 Å². The molecule has 1 saturated carbocycles. The molecule has 1 aromatic carbocycles. The third-order valence-corrected chi connectivity index (χ3v) is 7.63. The molecule has 0 bridgehead atoms. The van der Waals surface area contributed by atoms with Crippen molar-refractivity contribution in [3.63, 3.8) is 0 Å². The number of fused-ring (bicyclic) bond motifs is 1.